The molecule has 7 N–H and O–H groups in total. The number of hydrogen-bond donors (Lipinski definition) is 6. The summed E-state index contributed by atoms with van der Waals surface area (Å²) in [5, 5.41) is 19.6. The molecule has 0 spiro atoms. The Hall–Kier alpha value is -3.47. The van der Waals surface area contributed by atoms with Crippen molar-refractivity contribution in [1.82, 2.24) is 21.3 Å². The molecule has 0 fully saturated rings. The van der Waals surface area contributed by atoms with Gasteiger partial charge < -0.3 is 32.1 Å². The first-order valence-electron chi connectivity index (χ1n) is 12.1. The van der Waals surface area contributed by atoms with Crippen molar-refractivity contribution in [2.75, 3.05) is 13.1 Å². The molecule has 0 saturated heterocycles. The van der Waals surface area contributed by atoms with Gasteiger partial charge in [-0.1, -0.05) is 58.0 Å². The van der Waals surface area contributed by atoms with Gasteiger partial charge in [0.1, 0.15) is 18.1 Å². The highest BCUT2D eigenvalue weighted by molar-refractivity contribution is 5.94. The molecule has 0 aliphatic heterocycles. The van der Waals surface area contributed by atoms with Crippen molar-refractivity contribution in [1.29, 1.82) is 0 Å². The Kier molecular flexibility index (Phi) is 13.2. The van der Waals surface area contributed by atoms with E-state index in [0.717, 1.165) is 5.56 Å². The number of rotatable bonds is 15. The summed E-state index contributed by atoms with van der Waals surface area (Å²) in [5.74, 6) is -3.33. The summed E-state index contributed by atoms with van der Waals surface area (Å²) in [6, 6.07) is 5.88. The third-order valence-electron chi connectivity index (χ3n) is 5.22. The van der Waals surface area contributed by atoms with Gasteiger partial charge in [-0.2, -0.15) is 0 Å². The molecular weight excluding hydrogens is 466 g/mol. The molecular formula is C25H39N5O6. The van der Waals surface area contributed by atoms with Crippen LogP contribution in [-0.2, 0) is 30.4 Å². The van der Waals surface area contributed by atoms with E-state index in [9.17, 15) is 29.1 Å². The topological polar surface area (TPSA) is 180 Å². The average Bonchev–Trinajstić information content (AvgIpc) is 2.81. The van der Waals surface area contributed by atoms with Crippen LogP contribution in [0.3, 0.4) is 0 Å². The van der Waals surface area contributed by atoms with Crippen LogP contribution in [0.15, 0.2) is 30.3 Å². The summed E-state index contributed by atoms with van der Waals surface area (Å²) >= 11 is 0. The van der Waals surface area contributed by atoms with Gasteiger partial charge >= 0.3 is 5.97 Å². The standard InChI is InChI=1S/C25H39N5O6/c1-15(2)10-18(30-24(34)19(11-16(3)4)28-21(31)13-26)23(33)27-14-22(32)29-20(25(35)36)12-17-8-6-5-7-9-17/h5-9,15-16,18-20H,10-14,26H2,1-4H3,(H,27,33)(H,28,31)(H,29,32)(H,30,34)(H,35,36). The van der Waals surface area contributed by atoms with Gasteiger partial charge in [-0.3, -0.25) is 19.2 Å². The molecule has 3 atom stereocenters. The Bertz CT molecular complexity index is 890. The molecule has 36 heavy (non-hydrogen) atoms. The fraction of sp³-hybridized carbons (Fsp3) is 0.560. The van der Waals surface area contributed by atoms with Crippen LogP contribution in [0.25, 0.3) is 0 Å². The number of carbonyl (C=O) groups excluding carboxylic acids is 4. The largest absolute Gasteiger partial charge is 0.480 e. The molecule has 1 rings (SSSR count). The van der Waals surface area contributed by atoms with Crippen LogP contribution in [0.1, 0.15) is 46.1 Å². The maximum Gasteiger partial charge on any atom is 0.326 e. The van der Waals surface area contributed by atoms with E-state index in [4.69, 9.17) is 5.73 Å². The Balaban J connectivity index is 2.78. The highest BCUT2D eigenvalue weighted by Crippen LogP contribution is 2.09. The zero-order valence-electron chi connectivity index (χ0n) is 21.4. The highest BCUT2D eigenvalue weighted by atomic mass is 16.4. The van der Waals surface area contributed by atoms with Gasteiger partial charge in [0.15, 0.2) is 0 Å². The lowest BCUT2D eigenvalue weighted by Gasteiger charge is -2.25. The van der Waals surface area contributed by atoms with Crippen molar-refractivity contribution in [3.05, 3.63) is 35.9 Å². The first kappa shape index (κ1) is 30.6. The fourth-order valence-corrected chi connectivity index (χ4v) is 3.52. The average molecular weight is 506 g/mol. The first-order chi connectivity index (χ1) is 16.9. The van der Waals surface area contributed by atoms with Gasteiger partial charge in [-0.25, -0.2) is 4.79 Å². The third-order valence-corrected chi connectivity index (χ3v) is 5.22. The van der Waals surface area contributed by atoms with E-state index >= 15 is 0 Å². The quantitative estimate of drug-likeness (QED) is 0.193. The summed E-state index contributed by atoms with van der Waals surface area (Å²) in [4.78, 5) is 61.4. The van der Waals surface area contributed by atoms with Crippen LogP contribution in [0, 0.1) is 11.8 Å². The Morgan fingerprint density at radius 2 is 1.31 bits per heavy atom. The Morgan fingerprint density at radius 1 is 0.778 bits per heavy atom. The van der Waals surface area contributed by atoms with Crippen molar-refractivity contribution >= 4 is 29.6 Å². The van der Waals surface area contributed by atoms with E-state index in [0.29, 0.717) is 12.8 Å². The summed E-state index contributed by atoms with van der Waals surface area (Å²) in [5.41, 5.74) is 6.09. The molecule has 11 heteroatoms. The molecule has 1 aromatic carbocycles. The molecule has 0 radical (unpaired) electrons. The van der Waals surface area contributed by atoms with E-state index in [1.165, 1.54) is 0 Å². The third kappa shape index (κ3) is 11.8. The molecule has 1 aromatic rings. The predicted octanol–water partition coefficient (Wildman–Crippen LogP) is -0.0648. The molecule has 200 valence electrons. The maximum atomic E-state index is 12.9. The predicted molar refractivity (Wildman–Crippen MR) is 135 cm³/mol. The van der Waals surface area contributed by atoms with Crippen molar-refractivity contribution in [3.63, 3.8) is 0 Å². The number of carboxylic acids is 1. The van der Waals surface area contributed by atoms with Crippen molar-refractivity contribution in [2.45, 2.75) is 65.1 Å². The number of carbonyl (C=O) groups is 5. The molecule has 0 aromatic heterocycles. The zero-order valence-corrected chi connectivity index (χ0v) is 21.4. The van der Waals surface area contributed by atoms with E-state index in [1.807, 2.05) is 27.7 Å². The molecule has 0 saturated carbocycles. The van der Waals surface area contributed by atoms with Crippen LogP contribution in [0.4, 0.5) is 0 Å². The lowest BCUT2D eigenvalue weighted by molar-refractivity contribution is -0.141. The van der Waals surface area contributed by atoms with Crippen molar-refractivity contribution < 1.29 is 29.1 Å². The number of hydrogen-bond acceptors (Lipinski definition) is 6. The summed E-state index contributed by atoms with van der Waals surface area (Å²) in [6.07, 6.45) is 0.742. The number of nitrogens with two attached hydrogens (primary N) is 1. The molecule has 0 heterocycles. The lowest BCUT2D eigenvalue weighted by atomic mass is 10.00. The number of amides is 4. The monoisotopic (exact) mass is 505 g/mol. The first-order valence-corrected chi connectivity index (χ1v) is 12.1. The van der Waals surface area contributed by atoms with Crippen LogP contribution in [-0.4, -0.2) is 65.9 Å². The lowest BCUT2D eigenvalue weighted by Crippen LogP contribution is -2.56. The van der Waals surface area contributed by atoms with Gasteiger partial charge in [-0.15, -0.1) is 0 Å². The normalized spacial score (nSPS) is 13.4. The second-order valence-electron chi connectivity index (χ2n) is 9.51. The number of aliphatic carboxylic acids is 1. The number of nitrogens with one attached hydrogen (secondary N) is 4. The smallest absolute Gasteiger partial charge is 0.326 e. The number of benzene rings is 1. The van der Waals surface area contributed by atoms with Crippen molar-refractivity contribution in [2.24, 2.45) is 17.6 Å². The molecule has 0 bridgehead atoms. The molecule has 3 unspecified atom stereocenters. The molecule has 0 aliphatic rings. The minimum absolute atomic E-state index is 0.0410. The van der Waals surface area contributed by atoms with Crippen molar-refractivity contribution in [3.8, 4) is 0 Å². The second kappa shape index (κ2) is 15.5. The van der Waals surface area contributed by atoms with Gasteiger partial charge in [0.2, 0.25) is 23.6 Å². The maximum absolute atomic E-state index is 12.9. The van der Waals surface area contributed by atoms with Crippen LogP contribution in [0.2, 0.25) is 0 Å². The Labute approximate surface area is 212 Å². The summed E-state index contributed by atoms with van der Waals surface area (Å²) < 4.78 is 0. The summed E-state index contributed by atoms with van der Waals surface area (Å²) in [7, 11) is 0. The minimum atomic E-state index is -1.20. The Morgan fingerprint density at radius 3 is 1.81 bits per heavy atom. The van der Waals surface area contributed by atoms with E-state index < -0.39 is 54.3 Å². The van der Waals surface area contributed by atoms with Crippen LogP contribution >= 0.6 is 0 Å². The molecule has 0 aliphatic carbocycles. The highest BCUT2D eigenvalue weighted by Gasteiger charge is 2.28. The molecule has 4 amide bonds. The van der Waals surface area contributed by atoms with E-state index in [-0.39, 0.29) is 24.8 Å². The van der Waals surface area contributed by atoms with E-state index in [1.54, 1.807) is 30.3 Å². The van der Waals surface area contributed by atoms with Gasteiger partial charge in [0.25, 0.3) is 0 Å². The fourth-order valence-electron chi connectivity index (χ4n) is 3.52. The van der Waals surface area contributed by atoms with Gasteiger partial charge in [0.05, 0.1) is 13.1 Å². The van der Waals surface area contributed by atoms with Crippen LogP contribution in [0.5, 0.6) is 0 Å². The van der Waals surface area contributed by atoms with Gasteiger partial charge in [-0.05, 0) is 30.2 Å². The second-order valence-corrected chi connectivity index (χ2v) is 9.51. The number of carboxylic acid groups (broad SMARTS) is 1. The zero-order chi connectivity index (χ0) is 27.3. The minimum Gasteiger partial charge on any atom is -0.480 e. The SMILES string of the molecule is CC(C)CC(NC(=O)CN)C(=O)NC(CC(C)C)C(=O)NCC(=O)NC(Cc1ccccc1)C(=O)O. The summed E-state index contributed by atoms with van der Waals surface area (Å²) in [6.45, 7) is 6.82. The van der Waals surface area contributed by atoms with Crippen LogP contribution < -0.4 is 27.0 Å². The van der Waals surface area contributed by atoms with E-state index in [2.05, 4.69) is 21.3 Å². The van der Waals surface area contributed by atoms with Gasteiger partial charge in [0, 0.05) is 6.42 Å². The molecule has 11 nitrogen and oxygen atoms in total.